The number of methoxy groups -OCH3 is 1. The van der Waals surface area contributed by atoms with E-state index < -0.39 is 0 Å². The fourth-order valence-electron chi connectivity index (χ4n) is 1.10. The highest BCUT2D eigenvalue weighted by Gasteiger charge is 2.21. The molecule has 1 heterocycles. The summed E-state index contributed by atoms with van der Waals surface area (Å²) in [7, 11) is 1.77. The molecule has 48 valence electrons. The molecular formula is C6H13NO. The maximum absolute atomic E-state index is 5.16. The van der Waals surface area contributed by atoms with Gasteiger partial charge >= 0.3 is 0 Å². The Bertz CT molecular complexity index is 74.9. The lowest BCUT2D eigenvalue weighted by molar-refractivity contribution is 0.0892. The second kappa shape index (κ2) is 2.46. The topological polar surface area (TPSA) is 21.3 Å². The normalized spacial score (nSPS) is 38.2. The largest absolute Gasteiger partial charge is 0.380 e. The third-order valence-electron chi connectivity index (χ3n) is 1.75. The molecule has 0 amide bonds. The summed E-state index contributed by atoms with van der Waals surface area (Å²) in [4.78, 5) is 0. The first-order chi connectivity index (χ1) is 3.84. The van der Waals surface area contributed by atoms with Crippen molar-refractivity contribution in [3.63, 3.8) is 0 Å². The SMILES string of the molecule is CO[C@H]1CNC[C@@H]1C. The van der Waals surface area contributed by atoms with Gasteiger partial charge in [-0.15, -0.1) is 0 Å². The molecule has 0 aromatic rings. The molecule has 0 radical (unpaired) electrons. The lowest BCUT2D eigenvalue weighted by Crippen LogP contribution is -2.18. The van der Waals surface area contributed by atoms with E-state index in [4.69, 9.17) is 4.74 Å². The Balaban J connectivity index is 2.30. The van der Waals surface area contributed by atoms with E-state index in [1.165, 1.54) is 0 Å². The Morgan fingerprint density at radius 1 is 1.50 bits per heavy atom. The maximum Gasteiger partial charge on any atom is 0.0733 e. The van der Waals surface area contributed by atoms with E-state index in [-0.39, 0.29) is 0 Å². The minimum absolute atomic E-state index is 0.454. The molecule has 0 aromatic heterocycles. The lowest BCUT2D eigenvalue weighted by atomic mass is 10.1. The van der Waals surface area contributed by atoms with Gasteiger partial charge in [0.25, 0.3) is 0 Å². The van der Waals surface area contributed by atoms with Crippen molar-refractivity contribution >= 4 is 0 Å². The van der Waals surface area contributed by atoms with Crippen LogP contribution in [-0.4, -0.2) is 26.3 Å². The molecule has 0 saturated carbocycles. The molecule has 1 aliphatic rings. The van der Waals surface area contributed by atoms with Crippen molar-refractivity contribution in [1.29, 1.82) is 0 Å². The summed E-state index contributed by atoms with van der Waals surface area (Å²) in [6.07, 6.45) is 0.454. The maximum atomic E-state index is 5.16. The van der Waals surface area contributed by atoms with Gasteiger partial charge in [0.2, 0.25) is 0 Å². The van der Waals surface area contributed by atoms with Gasteiger partial charge in [0.15, 0.2) is 0 Å². The van der Waals surface area contributed by atoms with Crippen LogP contribution in [0.15, 0.2) is 0 Å². The zero-order valence-electron chi connectivity index (χ0n) is 5.48. The second-order valence-corrected chi connectivity index (χ2v) is 2.41. The molecule has 1 N–H and O–H groups in total. The molecule has 1 aliphatic heterocycles. The van der Waals surface area contributed by atoms with Gasteiger partial charge in [0.1, 0.15) is 0 Å². The molecule has 1 saturated heterocycles. The van der Waals surface area contributed by atoms with Gasteiger partial charge in [-0.05, 0) is 5.92 Å². The van der Waals surface area contributed by atoms with Crippen LogP contribution in [0.2, 0.25) is 0 Å². The fourth-order valence-corrected chi connectivity index (χ4v) is 1.10. The Kier molecular flexibility index (Phi) is 1.86. The van der Waals surface area contributed by atoms with Crippen molar-refractivity contribution in [2.45, 2.75) is 13.0 Å². The molecule has 8 heavy (non-hydrogen) atoms. The van der Waals surface area contributed by atoms with Crippen LogP contribution >= 0.6 is 0 Å². The van der Waals surface area contributed by atoms with E-state index in [0.717, 1.165) is 13.1 Å². The Morgan fingerprint density at radius 2 is 2.25 bits per heavy atom. The molecule has 0 unspecified atom stereocenters. The summed E-state index contributed by atoms with van der Waals surface area (Å²) in [5.41, 5.74) is 0. The second-order valence-electron chi connectivity index (χ2n) is 2.41. The molecule has 0 spiro atoms. The first-order valence-corrected chi connectivity index (χ1v) is 3.08. The first-order valence-electron chi connectivity index (χ1n) is 3.08. The van der Waals surface area contributed by atoms with E-state index in [1.54, 1.807) is 7.11 Å². The smallest absolute Gasteiger partial charge is 0.0733 e. The number of nitrogens with one attached hydrogen (secondary N) is 1. The van der Waals surface area contributed by atoms with Gasteiger partial charge < -0.3 is 10.1 Å². The van der Waals surface area contributed by atoms with Crippen LogP contribution < -0.4 is 5.32 Å². The number of hydrogen-bond donors (Lipinski definition) is 1. The zero-order valence-corrected chi connectivity index (χ0v) is 5.48. The van der Waals surface area contributed by atoms with Gasteiger partial charge in [0, 0.05) is 20.2 Å². The third-order valence-corrected chi connectivity index (χ3v) is 1.75. The molecule has 2 nitrogen and oxygen atoms in total. The molecular weight excluding hydrogens is 102 g/mol. The van der Waals surface area contributed by atoms with Gasteiger partial charge in [-0.25, -0.2) is 0 Å². The molecule has 0 aromatic carbocycles. The van der Waals surface area contributed by atoms with E-state index in [2.05, 4.69) is 12.2 Å². The van der Waals surface area contributed by atoms with Gasteiger partial charge in [0.05, 0.1) is 6.10 Å². The van der Waals surface area contributed by atoms with Crippen molar-refractivity contribution in [1.82, 2.24) is 5.32 Å². The van der Waals surface area contributed by atoms with Gasteiger partial charge in [-0.2, -0.15) is 0 Å². The van der Waals surface area contributed by atoms with E-state index in [0.29, 0.717) is 12.0 Å². The van der Waals surface area contributed by atoms with Crippen LogP contribution in [0.1, 0.15) is 6.92 Å². The average Bonchev–Trinajstić information content (AvgIpc) is 2.14. The minimum atomic E-state index is 0.454. The average molecular weight is 115 g/mol. The zero-order chi connectivity index (χ0) is 5.98. The molecule has 0 aliphatic carbocycles. The number of rotatable bonds is 1. The molecule has 2 heteroatoms. The summed E-state index contributed by atoms with van der Waals surface area (Å²) < 4.78 is 5.16. The first kappa shape index (κ1) is 6.05. The quantitative estimate of drug-likeness (QED) is 0.528. The molecule has 0 bridgehead atoms. The molecule has 1 fully saturated rings. The van der Waals surface area contributed by atoms with Crippen LogP contribution in [0.25, 0.3) is 0 Å². The minimum Gasteiger partial charge on any atom is -0.380 e. The van der Waals surface area contributed by atoms with E-state index in [9.17, 15) is 0 Å². The standard InChI is InChI=1S/C6H13NO/c1-5-3-7-4-6(5)8-2/h5-7H,3-4H2,1-2H3/t5-,6-/m0/s1. The predicted molar refractivity (Wildman–Crippen MR) is 32.8 cm³/mol. The molecule has 2 atom stereocenters. The Morgan fingerprint density at radius 3 is 2.50 bits per heavy atom. The highest BCUT2D eigenvalue weighted by atomic mass is 16.5. The van der Waals surface area contributed by atoms with Crippen molar-refractivity contribution in [2.24, 2.45) is 5.92 Å². The summed E-state index contributed by atoms with van der Waals surface area (Å²) in [6.45, 7) is 4.34. The van der Waals surface area contributed by atoms with Crippen molar-refractivity contribution in [3.8, 4) is 0 Å². The summed E-state index contributed by atoms with van der Waals surface area (Å²) in [5.74, 6) is 0.694. The van der Waals surface area contributed by atoms with E-state index in [1.807, 2.05) is 0 Å². The molecule has 1 rings (SSSR count). The Labute approximate surface area is 50.2 Å². The third kappa shape index (κ3) is 1.01. The van der Waals surface area contributed by atoms with Crippen LogP contribution in [-0.2, 0) is 4.74 Å². The fraction of sp³-hybridized carbons (Fsp3) is 1.00. The Hall–Kier alpha value is -0.0800. The monoisotopic (exact) mass is 115 g/mol. The summed E-state index contributed by atoms with van der Waals surface area (Å²) in [5, 5.41) is 3.25. The summed E-state index contributed by atoms with van der Waals surface area (Å²) >= 11 is 0. The lowest BCUT2D eigenvalue weighted by Gasteiger charge is -2.09. The highest BCUT2D eigenvalue weighted by molar-refractivity contribution is 4.77. The van der Waals surface area contributed by atoms with Crippen molar-refractivity contribution < 1.29 is 4.74 Å². The highest BCUT2D eigenvalue weighted by Crippen LogP contribution is 2.09. The van der Waals surface area contributed by atoms with Crippen LogP contribution in [0.4, 0.5) is 0 Å². The van der Waals surface area contributed by atoms with Gasteiger partial charge in [-0.3, -0.25) is 0 Å². The van der Waals surface area contributed by atoms with Crippen LogP contribution in [0, 0.1) is 5.92 Å². The van der Waals surface area contributed by atoms with Crippen molar-refractivity contribution in [2.75, 3.05) is 20.2 Å². The van der Waals surface area contributed by atoms with Crippen molar-refractivity contribution in [3.05, 3.63) is 0 Å². The predicted octanol–water partition coefficient (Wildman–Crippen LogP) is 0.241. The summed E-state index contributed by atoms with van der Waals surface area (Å²) in [6, 6.07) is 0. The van der Waals surface area contributed by atoms with Crippen LogP contribution in [0.3, 0.4) is 0 Å². The van der Waals surface area contributed by atoms with E-state index >= 15 is 0 Å². The van der Waals surface area contributed by atoms with Gasteiger partial charge in [-0.1, -0.05) is 6.92 Å². The van der Waals surface area contributed by atoms with Crippen LogP contribution in [0.5, 0.6) is 0 Å². The number of ether oxygens (including phenoxy) is 1. The number of hydrogen-bond acceptors (Lipinski definition) is 2.